The molecule has 0 spiro atoms. The molecule has 0 aliphatic carbocycles. The molecule has 0 saturated carbocycles. The van der Waals surface area contributed by atoms with Crippen LogP contribution >= 0.6 is 15.9 Å². The molecule has 2 atom stereocenters. The van der Waals surface area contributed by atoms with E-state index in [4.69, 9.17) is 5.73 Å². The van der Waals surface area contributed by atoms with Gasteiger partial charge in [0.25, 0.3) is 5.91 Å². The van der Waals surface area contributed by atoms with Crippen LogP contribution in [0.1, 0.15) is 41.6 Å². The van der Waals surface area contributed by atoms with E-state index in [1.807, 2.05) is 25.1 Å². The summed E-state index contributed by atoms with van der Waals surface area (Å²) in [5, 5.41) is 0. The number of benzene rings is 1. The molecule has 3 rings (SSSR count). The van der Waals surface area contributed by atoms with Crippen molar-refractivity contribution in [3.63, 3.8) is 0 Å². The minimum Gasteiger partial charge on any atom is -0.333 e. The topological polar surface area (TPSA) is 46.3 Å². The van der Waals surface area contributed by atoms with E-state index >= 15 is 0 Å². The Bertz CT molecular complexity index is 503. The molecular weight excluding hydrogens is 304 g/mol. The van der Waals surface area contributed by atoms with Gasteiger partial charge in [-0.25, -0.2) is 0 Å². The first-order valence-corrected chi connectivity index (χ1v) is 7.70. The maximum absolute atomic E-state index is 12.8. The van der Waals surface area contributed by atoms with Crippen LogP contribution in [0, 0.1) is 6.92 Å². The van der Waals surface area contributed by atoms with Gasteiger partial charge in [-0.05, 0) is 50.3 Å². The number of carbonyl (C=O) groups is 1. The van der Waals surface area contributed by atoms with Gasteiger partial charge in [0.2, 0.25) is 0 Å². The van der Waals surface area contributed by atoms with E-state index in [2.05, 4.69) is 20.8 Å². The average molecular weight is 323 g/mol. The third kappa shape index (κ3) is 2.21. The highest BCUT2D eigenvalue weighted by Crippen LogP contribution is 2.36. The van der Waals surface area contributed by atoms with Crippen LogP contribution in [0.3, 0.4) is 0 Å². The highest BCUT2D eigenvalue weighted by Gasteiger charge is 2.42. The summed E-state index contributed by atoms with van der Waals surface area (Å²) in [6, 6.07) is 6.80. The molecule has 2 fully saturated rings. The van der Waals surface area contributed by atoms with E-state index in [-0.39, 0.29) is 11.9 Å². The summed E-state index contributed by atoms with van der Waals surface area (Å²) < 4.78 is 0.999. The van der Waals surface area contributed by atoms with E-state index in [1.165, 1.54) is 0 Å². The molecule has 2 aliphatic rings. The van der Waals surface area contributed by atoms with E-state index in [0.29, 0.717) is 12.1 Å². The van der Waals surface area contributed by atoms with Gasteiger partial charge >= 0.3 is 0 Å². The average Bonchev–Trinajstić information content (AvgIpc) is 2.64. The SMILES string of the molecule is Cc1c(Br)cccc1C(=O)N1C2CCC1CC(N)C2. The number of piperidine rings is 1. The molecule has 2 aliphatic heterocycles. The fraction of sp³-hybridized carbons (Fsp3) is 0.533. The van der Waals surface area contributed by atoms with Crippen molar-refractivity contribution in [1.29, 1.82) is 0 Å². The molecule has 0 radical (unpaired) electrons. The van der Waals surface area contributed by atoms with Crippen LogP contribution in [0.4, 0.5) is 0 Å². The number of nitrogens with two attached hydrogens (primary N) is 1. The lowest BCUT2D eigenvalue weighted by Gasteiger charge is -2.38. The molecule has 2 saturated heterocycles. The summed E-state index contributed by atoms with van der Waals surface area (Å²) in [5.41, 5.74) is 7.92. The van der Waals surface area contributed by atoms with Crippen LogP contribution in [0.5, 0.6) is 0 Å². The number of hydrogen-bond acceptors (Lipinski definition) is 2. The van der Waals surface area contributed by atoms with Gasteiger partial charge in [0.1, 0.15) is 0 Å². The molecule has 2 bridgehead atoms. The minimum absolute atomic E-state index is 0.179. The largest absolute Gasteiger partial charge is 0.333 e. The van der Waals surface area contributed by atoms with Crippen LogP contribution in [0.15, 0.2) is 22.7 Å². The Kier molecular flexibility index (Phi) is 3.39. The van der Waals surface area contributed by atoms with Gasteiger partial charge in [0, 0.05) is 28.2 Å². The van der Waals surface area contributed by atoms with Gasteiger partial charge < -0.3 is 10.6 Å². The van der Waals surface area contributed by atoms with Crippen molar-refractivity contribution in [3.05, 3.63) is 33.8 Å². The number of carbonyl (C=O) groups excluding carboxylic acids is 1. The van der Waals surface area contributed by atoms with Gasteiger partial charge in [-0.1, -0.05) is 22.0 Å². The number of halogens is 1. The van der Waals surface area contributed by atoms with Crippen LogP contribution in [-0.2, 0) is 0 Å². The van der Waals surface area contributed by atoms with Crippen molar-refractivity contribution < 1.29 is 4.79 Å². The maximum atomic E-state index is 12.8. The molecule has 1 aromatic carbocycles. The molecule has 3 nitrogen and oxygen atoms in total. The molecule has 4 heteroatoms. The van der Waals surface area contributed by atoms with E-state index in [0.717, 1.165) is 41.3 Å². The van der Waals surface area contributed by atoms with Crippen molar-refractivity contribution in [2.75, 3.05) is 0 Å². The quantitative estimate of drug-likeness (QED) is 0.864. The van der Waals surface area contributed by atoms with Gasteiger partial charge in [-0.2, -0.15) is 0 Å². The first kappa shape index (κ1) is 13.1. The number of fused-ring (bicyclic) bond motifs is 2. The molecule has 1 amide bonds. The number of rotatable bonds is 1. The lowest BCUT2D eigenvalue weighted by molar-refractivity contribution is 0.0574. The van der Waals surface area contributed by atoms with E-state index in [9.17, 15) is 4.79 Å². The Morgan fingerprint density at radius 2 is 1.95 bits per heavy atom. The van der Waals surface area contributed by atoms with Gasteiger partial charge in [0.15, 0.2) is 0 Å². The Hall–Kier alpha value is -0.870. The first-order valence-electron chi connectivity index (χ1n) is 6.91. The molecule has 2 unspecified atom stereocenters. The normalized spacial score (nSPS) is 29.6. The highest BCUT2D eigenvalue weighted by atomic mass is 79.9. The third-order valence-electron chi connectivity index (χ3n) is 4.50. The lowest BCUT2D eigenvalue weighted by atomic mass is 9.96. The minimum atomic E-state index is 0.179. The van der Waals surface area contributed by atoms with Gasteiger partial charge in [-0.15, -0.1) is 0 Å². The van der Waals surface area contributed by atoms with Crippen LogP contribution in [0.2, 0.25) is 0 Å². The molecule has 102 valence electrons. The molecule has 19 heavy (non-hydrogen) atoms. The molecule has 0 aromatic heterocycles. The van der Waals surface area contributed by atoms with E-state index < -0.39 is 0 Å². The number of amides is 1. The second-order valence-corrected chi connectivity index (χ2v) is 6.60. The predicted molar refractivity (Wildman–Crippen MR) is 79.1 cm³/mol. The summed E-state index contributed by atoms with van der Waals surface area (Å²) in [6.07, 6.45) is 4.12. The number of nitrogens with zero attached hydrogens (tertiary/aromatic N) is 1. The number of hydrogen-bond donors (Lipinski definition) is 1. The fourth-order valence-corrected chi connectivity index (χ4v) is 3.90. The molecular formula is C15H19BrN2O. The third-order valence-corrected chi connectivity index (χ3v) is 5.36. The summed E-state index contributed by atoms with van der Waals surface area (Å²) in [5.74, 6) is 0.179. The first-order chi connectivity index (χ1) is 9.08. The monoisotopic (exact) mass is 322 g/mol. The fourth-order valence-electron chi connectivity index (χ4n) is 3.53. The second-order valence-electron chi connectivity index (χ2n) is 5.74. The predicted octanol–water partition coefficient (Wildman–Crippen LogP) is 2.85. The highest BCUT2D eigenvalue weighted by molar-refractivity contribution is 9.10. The Morgan fingerprint density at radius 3 is 2.58 bits per heavy atom. The molecule has 1 aromatic rings. The smallest absolute Gasteiger partial charge is 0.254 e. The second kappa shape index (κ2) is 4.91. The van der Waals surface area contributed by atoms with Crippen molar-refractivity contribution in [1.82, 2.24) is 4.90 Å². The van der Waals surface area contributed by atoms with Gasteiger partial charge in [0.05, 0.1) is 0 Å². The molecule has 2 N–H and O–H groups in total. The zero-order chi connectivity index (χ0) is 13.6. The van der Waals surface area contributed by atoms with Crippen molar-refractivity contribution >= 4 is 21.8 Å². The van der Waals surface area contributed by atoms with E-state index in [1.54, 1.807) is 0 Å². The zero-order valence-corrected chi connectivity index (χ0v) is 12.7. The standard InChI is InChI=1S/C15H19BrN2O/c1-9-13(3-2-4-14(9)16)15(19)18-11-5-6-12(18)8-10(17)7-11/h2-4,10-12H,5-8,17H2,1H3. The molecule has 2 heterocycles. The summed E-state index contributed by atoms with van der Waals surface area (Å²) in [7, 11) is 0. The maximum Gasteiger partial charge on any atom is 0.254 e. The van der Waals surface area contributed by atoms with Crippen LogP contribution in [0.25, 0.3) is 0 Å². The van der Waals surface area contributed by atoms with Crippen LogP contribution in [-0.4, -0.2) is 28.9 Å². The summed E-state index contributed by atoms with van der Waals surface area (Å²) >= 11 is 3.50. The van der Waals surface area contributed by atoms with Crippen molar-refractivity contribution in [3.8, 4) is 0 Å². The lowest BCUT2D eigenvalue weighted by Crippen LogP contribution is -2.50. The van der Waals surface area contributed by atoms with Gasteiger partial charge in [-0.3, -0.25) is 4.79 Å². The van der Waals surface area contributed by atoms with Crippen LogP contribution < -0.4 is 5.73 Å². The Morgan fingerprint density at radius 1 is 1.32 bits per heavy atom. The zero-order valence-electron chi connectivity index (χ0n) is 11.1. The Balaban J connectivity index is 1.91. The Labute approximate surface area is 122 Å². The summed E-state index contributed by atoms with van der Waals surface area (Å²) in [4.78, 5) is 14.9. The van der Waals surface area contributed by atoms with Crippen molar-refractivity contribution in [2.24, 2.45) is 5.73 Å². The van der Waals surface area contributed by atoms with Crippen molar-refractivity contribution in [2.45, 2.75) is 50.7 Å². The summed E-state index contributed by atoms with van der Waals surface area (Å²) in [6.45, 7) is 1.99.